The fourth-order valence-electron chi connectivity index (χ4n) is 2.59. The third kappa shape index (κ3) is 1.69. The number of benzene rings is 1. The molecule has 2 aromatic rings. The maximum absolute atomic E-state index is 11.2. The summed E-state index contributed by atoms with van der Waals surface area (Å²) in [5.41, 5.74) is 3.67. The minimum atomic E-state index is -0.933. The topological polar surface area (TPSA) is 62.5 Å². The third-order valence-corrected chi connectivity index (χ3v) is 3.40. The molecule has 0 radical (unpaired) electrons. The van der Waals surface area contributed by atoms with E-state index in [1.54, 1.807) is 19.9 Å². The van der Waals surface area contributed by atoms with Gasteiger partial charge in [-0.1, -0.05) is 0 Å². The molecule has 0 amide bonds. The molecule has 96 valence electrons. The van der Waals surface area contributed by atoms with E-state index < -0.39 is 12.1 Å². The summed E-state index contributed by atoms with van der Waals surface area (Å²) in [5.74, 6) is -0.933. The van der Waals surface area contributed by atoms with Gasteiger partial charge in [-0.05, 0) is 38.0 Å². The molecule has 0 fully saturated rings. The predicted molar refractivity (Wildman–Crippen MR) is 70.0 cm³/mol. The number of fused-ring (bicyclic) bond motifs is 1. The standard InChI is InChI=1S/C14H17NO3/c1-7-5-10(14(17)18)8(2)12-11(9(3)16)6-15(4)13(7)12/h5-6,9,16H,1-4H3,(H,17,18). The summed E-state index contributed by atoms with van der Waals surface area (Å²) in [6, 6.07) is 1.69. The van der Waals surface area contributed by atoms with Crippen molar-refractivity contribution in [1.29, 1.82) is 0 Å². The zero-order valence-electron chi connectivity index (χ0n) is 11.0. The second kappa shape index (κ2) is 4.14. The van der Waals surface area contributed by atoms with Crippen LogP contribution in [0.2, 0.25) is 0 Å². The molecule has 1 unspecified atom stereocenters. The highest BCUT2D eigenvalue weighted by atomic mass is 16.4. The van der Waals surface area contributed by atoms with E-state index >= 15 is 0 Å². The van der Waals surface area contributed by atoms with Crippen molar-refractivity contribution in [2.24, 2.45) is 7.05 Å². The molecule has 0 spiro atoms. The minimum absolute atomic E-state index is 0.299. The Labute approximate surface area is 105 Å². The largest absolute Gasteiger partial charge is 0.478 e. The Morgan fingerprint density at radius 1 is 1.39 bits per heavy atom. The van der Waals surface area contributed by atoms with Gasteiger partial charge in [0.2, 0.25) is 0 Å². The van der Waals surface area contributed by atoms with Crippen molar-refractivity contribution in [3.63, 3.8) is 0 Å². The monoisotopic (exact) mass is 247 g/mol. The molecule has 2 rings (SSSR count). The molecule has 0 saturated heterocycles. The number of aliphatic hydroxyl groups excluding tert-OH is 1. The van der Waals surface area contributed by atoms with Gasteiger partial charge in [0.25, 0.3) is 0 Å². The molecule has 0 aliphatic carbocycles. The highest BCUT2D eigenvalue weighted by Crippen LogP contribution is 2.32. The van der Waals surface area contributed by atoms with Crippen LogP contribution in [-0.2, 0) is 7.05 Å². The highest BCUT2D eigenvalue weighted by molar-refractivity contribution is 6.00. The van der Waals surface area contributed by atoms with Gasteiger partial charge >= 0.3 is 5.97 Å². The number of aliphatic hydroxyl groups is 1. The van der Waals surface area contributed by atoms with E-state index in [-0.39, 0.29) is 0 Å². The summed E-state index contributed by atoms with van der Waals surface area (Å²) in [5, 5.41) is 19.9. The predicted octanol–water partition coefficient (Wildman–Crippen LogP) is 2.55. The van der Waals surface area contributed by atoms with Crippen LogP contribution in [0.25, 0.3) is 10.9 Å². The number of aromatic carboxylic acids is 1. The number of hydrogen-bond donors (Lipinski definition) is 2. The van der Waals surface area contributed by atoms with Gasteiger partial charge in [0.05, 0.1) is 17.2 Å². The molecule has 1 aromatic heterocycles. The van der Waals surface area contributed by atoms with Crippen LogP contribution in [-0.4, -0.2) is 20.7 Å². The first-order chi connectivity index (χ1) is 8.34. The van der Waals surface area contributed by atoms with Gasteiger partial charge in [0, 0.05) is 24.2 Å². The van der Waals surface area contributed by atoms with Crippen LogP contribution in [0, 0.1) is 13.8 Å². The van der Waals surface area contributed by atoms with Crippen LogP contribution in [0.3, 0.4) is 0 Å². The molecule has 0 saturated carbocycles. The lowest BCUT2D eigenvalue weighted by Crippen LogP contribution is -2.02. The molecular formula is C14H17NO3. The number of nitrogens with zero attached hydrogens (tertiary/aromatic N) is 1. The molecule has 0 bridgehead atoms. The van der Waals surface area contributed by atoms with Gasteiger partial charge < -0.3 is 14.8 Å². The van der Waals surface area contributed by atoms with Crippen molar-refractivity contribution in [3.05, 3.63) is 34.5 Å². The molecule has 4 heteroatoms. The number of hydrogen-bond acceptors (Lipinski definition) is 2. The van der Waals surface area contributed by atoms with Crippen molar-refractivity contribution < 1.29 is 15.0 Å². The van der Waals surface area contributed by atoms with Gasteiger partial charge in [0.1, 0.15) is 0 Å². The van der Waals surface area contributed by atoms with Crippen LogP contribution in [0.1, 0.15) is 40.1 Å². The summed E-state index contributed by atoms with van der Waals surface area (Å²) < 4.78 is 1.94. The van der Waals surface area contributed by atoms with Crippen molar-refractivity contribution in [2.75, 3.05) is 0 Å². The first-order valence-corrected chi connectivity index (χ1v) is 5.85. The van der Waals surface area contributed by atoms with Crippen LogP contribution in [0.4, 0.5) is 0 Å². The summed E-state index contributed by atoms with van der Waals surface area (Å²) in [6.07, 6.45) is 1.25. The zero-order valence-corrected chi connectivity index (χ0v) is 11.0. The first-order valence-electron chi connectivity index (χ1n) is 5.85. The highest BCUT2D eigenvalue weighted by Gasteiger charge is 2.19. The van der Waals surface area contributed by atoms with Crippen molar-refractivity contribution in [2.45, 2.75) is 26.9 Å². The van der Waals surface area contributed by atoms with Gasteiger partial charge in [-0.15, -0.1) is 0 Å². The van der Waals surface area contributed by atoms with E-state index in [2.05, 4.69) is 0 Å². The molecule has 1 aromatic carbocycles. The second-order valence-electron chi connectivity index (χ2n) is 4.77. The number of carbonyl (C=O) groups is 1. The summed E-state index contributed by atoms with van der Waals surface area (Å²) in [4.78, 5) is 11.2. The van der Waals surface area contributed by atoms with E-state index in [9.17, 15) is 15.0 Å². The maximum atomic E-state index is 11.2. The van der Waals surface area contributed by atoms with E-state index in [0.717, 1.165) is 22.0 Å². The van der Waals surface area contributed by atoms with Crippen LogP contribution in [0.5, 0.6) is 0 Å². The Hall–Kier alpha value is -1.81. The first kappa shape index (κ1) is 12.6. The smallest absolute Gasteiger partial charge is 0.335 e. The number of aromatic nitrogens is 1. The normalized spacial score (nSPS) is 12.9. The molecule has 0 aliphatic rings. The number of rotatable bonds is 2. The van der Waals surface area contributed by atoms with Gasteiger partial charge in [-0.2, -0.15) is 0 Å². The Balaban J connectivity index is 2.97. The van der Waals surface area contributed by atoms with Crippen LogP contribution in [0.15, 0.2) is 12.3 Å². The number of aryl methyl sites for hydroxylation is 3. The van der Waals surface area contributed by atoms with E-state index in [1.807, 2.05) is 24.7 Å². The fraction of sp³-hybridized carbons (Fsp3) is 0.357. The van der Waals surface area contributed by atoms with Gasteiger partial charge in [-0.25, -0.2) is 4.79 Å². The SMILES string of the molecule is Cc1c(C(=O)O)cc(C)c2c1c(C(C)O)cn2C. The van der Waals surface area contributed by atoms with E-state index in [1.165, 1.54) is 0 Å². The summed E-state index contributed by atoms with van der Waals surface area (Å²) in [7, 11) is 1.90. The Kier molecular flexibility index (Phi) is 2.91. The second-order valence-corrected chi connectivity index (χ2v) is 4.77. The third-order valence-electron chi connectivity index (χ3n) is 3.40. The fourth-order valence-corrected chi connectivity index (χ4v) is 2.59. The molecule has 4 nitrogen and oxygen atoms in total. The number of carboxylic acid groups (broad SMARTS) is 1. The molecule has 1 heterocycles. The van der Waals surface area contributed by atoms with Crippen molar-refractivity contribution in [3.8, 4) is 0 Å². The quantitative estimate of drug-likeness (QED) is 0.857. The average molecular weight is 247 g/mol. The lowest BCUT2D eigenvalue weighted by molar-refractivity contribution is 0.0696. The lowest BCUT2D eigenvalue weighted by Gasteiger charge is -2.10. The summed E-state index contributed by atoms with van der Waals surface area (Å²) >= 11 is 0. The van der Waals surface area contributed by atoms with E-state index in [4.69, 9.17) is 0 Å². The van der Waals surface area contributed by atoms with Crippen molar-refractivity contribution >= 4 is 16.9 Å². The molecule has 18 heavy (non-hydrogen) atoms. The van der Waals surface area contributed by atoms with Gasteiger partial charge in [0.15, 0.2) is 0 Å². The Morgan fingerprint density at radius 3 is 2.50 bits per heavy atom. The van der Waals surface area contributed by atoms with Crippen LogP contribution < -0.4 is 0 Å². The Morgan fingerprint density at radius 2 is 2.00 bits per heavy atom. The molecule has 0 aliphatic heterocycles. The van der Waals surface area contributed by atoms with E-state index in [0.29, 0.717) is 11.1 Å². The average Bonchev–Trinajstić information content (AvgIpc) is 2.62. The molecule has 2 N–H and O–H groups in total. The minimum Gasteiger partial charge on any atom is -0.478 e. The number of carboxylic acids is 1. The van der Waals surface area contributed by atoms with Crippen molar-refractivity contribution in [1.82, 2.24) is 4.57 Å². The maximum Gasteiger partial charge on any atom is 0.335 e. The van der Waals surface area contributed by atoms with Crippen LogP contribution >= 0.6 is 0 Å². The molecule has 1 atom stereocenters. The van der Waals surface area contributed by atoms with Gasteiger partial charge in [-0.3, -0.25) is 0 Å². The summed E-state index contributed by atoms with van der Waals surface area (Å²) in [6.45, 7) is 5.37. The molecular weight excluding hydrogens is 230 g/mol. The lowest BCUT2D eigenvalue weighted by atomic mass is 9.97. The Bertz CT molecular complexity index is 638. The zero-order chi connectivity index (χ0) is 13.6.